The van der Waals surface area contributed by atoms with Gasteiger partial charge in [0.15, 0.2) is 0 Å². The van der Waals surface area contributed by atoms with Crippen molar-refractivity contribution in [2.45, 2.75) is 13.3 Å². The Bertz CT molecular complexity index is 810. The van der Waals surface area contributed by atoms with Crippen LogP contribution in [0.2, 0.25) is 0 Å². The maximum atomic E-state index is 12.0. The summed E-state index contributed by atoms with van der Waals surface area (Å²) < 4.78 is 0. The fraction of sp³-hybridized carbons (Fsp3) is 0.125. The number of carbonyl (C=O) groups excluding carboxylic acids is 1. The molecule has 0 atom stereocenters. The number of fused-ring (bicyclic) bond motifs is 1. The van der Waals surface area contributed by atoms with Crippen LogP contribution < -0.4 is 11.3 Å². The van der Waals surface area contributed by atoms with Gasteiger partial charge in [-0.15, -0.1) is 11.3 Å². The van der Waals surface area contributed by atoms with E-state index in [0.29, 0.717) is 5.56 Å². The van der Waals surface area contributed by atoms with E-state index in [1.54, 1.807) is 17.4 Å². The van der Waals surface area contributed by atoms with E-state index >= 15 is 0 Å². The highest BCUT2D eigenvalue weighted by atomic mass is 32.1. The lowest BCUT2D eigenvalue weighted by molar-refractivity contribution is 0.0955. The predicted molar refractivity (Wildman–Crippen MR) is 86.1 cm³/mol. The van der Waals surface area contributed by atoms with Crippen LogP contribution in [0.25, 0.3) is 21.5 Å². The molecule has 0 unspecified atom stereocenters. The molecule has 0 saturated carbocycles. The molecule has 0 bridgehead atoms. The number of hydrogen-bond donors (Lipinski definition) is 2. The van der Waals surface area contributed by atoms with Gasteiger partial charge in [0.05, 0.1) is 21.7 Å². The van der Waals surface area contributed by atoms with Crippen LogP contribution in [-0.2, 0) is 6.42 Å². The second kappa shape index (κ2) is 5.63. The number of rotatable bonds is 3. The highest BCUT2D eigenvalue weighted by molar-refractivity contribution is 7.15. The lowest BCUT2D eigenvalue weighted by Gasteiger charge is -2.07. The summed E-state index contributed by atoms with van der Waals surface area (Å²) in [7, 11) is 0. The molecule has 3 N–H and O–H groups in total. The number of pyridine rings is 1. The molecule has 3 rings (SSSR count). The SMILES string of the molecule is CCc1ccc(-c2cc(C(=O)NN)c3ccccc3n2)s1. The quantitative estimate of drug-likeness (QED) is 0.443. The first kappa shape index (κ1) is 13.7. The van der Waals surface area contributed by atoms with Crippen molar-refractivity contribution in [2.75, 3.05) is 0 Å². The molecule has 0 aliphatic carbocycles. The number of nitrogens with zero attached hydrogens (tertiary/aromatic N) is 1. The number of nitrogens with two attached hydrogens (primary N) is 1. The van der Waals surface area contributed by atoms with E-state index in [1.165, 1.54) is 4.88 Å². The van der Waals surface area contributed by atoms with Crippen LogP contribution in [0.5, 0.6) is 0 Å². The first-order chi connectivity index (χ1) is 10.2. The number of aryl methyl sites for hydroxylation is 1. The highest BCUT2D eigenvalue weighted by Gasteiger charge is 2.13. The largest absolute Gasteiger partial charge is 0.290 e. The van der Waals surface area contributed by atoms with Gasteiger partial charge in [0.25, 0.3) is 5.91 Å². The van der Waals surface area contributed by atoms with E-state index in [1.807, 2.05) is 30.3 Å². The zero-order chi connectivity index (χ0) is 14.8. The van der Waals surface area contributed by atoms with Crippen LogP contribution in [-0.4, -0.2) is 10.9 Å². The lowest BCUT2D eigenvalue weighted by Crippen LogP contribution is -2.30. The average Bonchev–Trinajstić information content (AvgIpc) is 3.02. The van der Waals surface area contributed by atoms with Gasteiger partial charge >= 0.3 is 0 Å². The Morgan fingerprint density at radius 2 is 2.10 bits per heavy atom. The fourth-order valence-corrected chi connectivity index (χ4v) is 3.18. The third-order valence-electron chi connectivity index (χ3n) is 3.35. The molecule has 2 heterocycles. The number of carbonyl (C=O) groups is 1. The van der Waals surface area contributed by atoms with E-state index in [2.05, 4.69) is 23.4 Å². The number of amides is 1. The molecule has 106 valence electrons. The van der Waals surface area contributed by atoms with Gasteiger partial charge in [-0.3, -0.25) is 10.2 Å². The van der Waals surface area contributed by atoms with Gasteiger partial charge in [-0.25, -0.2) is 10.8 Å². The fourth-order valence-electron chi connectivity index (χ4n) is 2.27. The summed E-state index contributed by atoms with van der Waals surface area (Å²) in [4.78, 5) is 19.0. The van der Waals surface area contributed by atoms with Gasteiger partial charge < -0.3 is 0 Å². The van der Waals surface area contributed by atoms with Crippen LogP contribution in [0.3, 0.4) is 0 Å². The molecule has 1 amide bonds. The number of para-hydroxylation sites is 1. The Morgan fingerprint density at radius 1 is 1.29 bits per heavy atom. The summed E-state index contributed by atoms with van der Waals surface area (Å²) in [6.07, 6.45) is 0.994. The third-order valence-corrected chi connectivity index (χ3v) is 4.61. The molecule has 0 radical (unpaired) electrons. The Labute approximate surface area is 126 Å². The number of hydrazine groups is 1. The molecule has 0 aliphatic rings. The van der Waals surface area contributed by atoms with Crippen molar-refractivity contribution in [2.24, 2.45) is 5.84 Å². The van der Waals surface area contributed by atoms with E-state index in [0.717, 1.165) is 27.9 Å². The third kappa shape index (κ3) is 2.53. The molecule has 4 nitrogen and oxygen atoms in total. The minimum absolute atomic E-state index is 0.304. The van der Waals surface area contributed by atoms with Crippen molar-refractivity contribution in [1.29, 1.82) is 0 Å². The number of hydrogen-bond acceptors (Lipinski definition) is 4. The smallest absolute Gasteiger partial charge is 0.265 e. The van der Waals surface area contributed by atoms with Crippen LogP contribution in [0.1, 0.15) is 22.2 Å². The first-order valence-electron chi connectivity index (χ1n) is 6.72. The molecular weight excluding hydrogens is 282 g/mol. The molecule has 2 aromatic heterocycles. The van der Waals surface area contributed by atoms with Crippen LogP contribution in [0, 0.1) is 0 Å². The van der Waals surface area contributed by atoms with Gasteiger partial charge in [-0.2, -0.15) is 0 Å². The zero-order valence-corrected chi connectivity index (χ0v) is 12.4. The maximum absolute atomic E-state index is 12.0. The number of aromatic nitrogens is 1. The molecule has 0 fully saturated rings. The first-order valence-corrected chi connectivity index (χ1v) is 7.54. The van der Waals surface area contributed by atoms with Gasteiger partial charge in [-0.05, 0) is 30.7 Å². The Kier molecular flexibility index (Phi) is 3.68. The Balaban J connectivity index is 2.22. The van der Waals surface area contributed by atoms with Crippen LogP contribution in [0.4, 0.5) is 0 Å². The van der Waals surface area contributed by atoms with Crippen molar-refractivity contribution in [1.82, 2.24) is 10.4 Å². The average molecular weight is 297 g/mol. The van der Waals surface area contributed by atoms with Crippen molar-refractivity contribution in [3.8, 4) is 10.6 Å². The number of thiophene rings is 1. The number of benzene rings is 1. The van der Waals surface area contributed by atoms with Gasteiger partial charge in [0.2, 0.25) is 0 Å². The summed E-state index contributed by atoms with van der Waals surface area (Å²) in [5.74, 6) is 4.99. The maximum Gasteiger partial charge on any atom is 0.265 e. The van der Waals surface area contributed by atoms with Crippen LogP contribution >= 0.6 is 11.3 Å². The molecule has 0 aliphatic heterocycles. The summed E-state index contributed by atoms with van der Waals surface area (Å²) in [6, 6.07) is 13.5. The van der Waals surface area contributed by atoms with E-state index < -0.39 is 0 Å². The standard InChI is InChI=1S/C16H15N3OS/c1-2-10-7-8-15(21-10)14-9-12(16(20)19-17)11-5-3-4-6-13(11)18-14/h3-9H,2,17H2,1H3,(H,19,20). The second-order valence-corrected chi connectivity index (χ2v) is 5.83. The topological polar surface area (TPSA) is 68.0 Å². The second-order valence-electron chi connectivity index (χ2n) is 4.67. The minimum atomic E-state index is -0.304. The van der Waals surface area contributed by atoms with Crippen molar-refractivity contribution < 1.29 is 4.79 Å². The van der Waals surface area contributed by atoms with Gasteiger partial charge in [0.1, 0.15) is 0 Å². The zero-order valence-electron chi connectivity index (χ0n) is 11.6. The highest BCUT2D eigenvalue weighted by Crippen LogP contribution is 2.30. The number of nitrogens with one attached hydrogen (secondary N) is 1. The van der Waals surface area contributed by atoms with E-state index in [-0.39, 0.29) is 5.91 Å². The molecule has 1 aromatic carbocycles. The summed E-state index contributed by atoms with van der Waals surface area (Å²) in [5, 5.41) is 0.802. The van der Waals surface area contributed by atoms with Crippen molar-refractivity contribution >= 4 is 28.1 Å². The summed E-state index contributed by atoms with van der Waals surface area (Å²) in [5.41, 5.74) is 4.35. The molecular formula is C16H15N3OS. The van der Waals surface area contributed by atoms with Crippen molar-refractivity contribution in [3.63, 3.8) is 0 Å². The Hall–Kier alpha value is -2.24. The van der Waals surface area contributed by atoms with Crippen molar-refractivity contribution in [3.05, 3.63) is 52.9 Å². The summed E-state index contributed by atoms with van der Waals surface area (Å²) >= 11 is 1.70. The molecule has 0 saturated heterocycles. The minimum Gasteiger partial charge on any atom is -0.290 e. The monoisotopic (exact) mass is 297 g/mol. The summed E-state index contributed by atoms with van der Waals surface area (Å²) in [6.45, 7) is 2.12. The predicted octanol–water partition coefficient (Wildman–Crippen LogP) is 3.13. The lowest BCUT2D eigenvalue weighted by atomic mass is 10.1. The normalized spacial score (nSPS) is 10.8. The molecule has 3 aromatic rings. The Morgan fingerprint density at radius 3 is 2.81 bits per heavy atom. The molecule has 0 spiro atoms. The van der Waals surface area contributed by atoms with E-state index in [9.17, 15) is 4.79 Å². The number of nitrogen functional groups attached to an aromatic ring is 1. The van der Waals surface area contributed by atoms with E-state index in [4.69, 9.17) is 5.84 Å². The van der Waals surface area contributed by atoms with Gasteiger partial charge in [0, 0.05) is 10.3 Å². The molecule has 21 heavy (non-hydrogen) atoms. The van der Waals surface area contributed by atoms with Gasteiger partial charge in [-0.1, -0.05) is 25.1 Å². The van der Waals surface area contributed by atoms with Crippen LogP contribution in [0.15, 0.2) is 42.5 Å². The molecule has 5 heteroatoms.